The van der Waals surface area contributed by atoms with Crippen LogP contribution in [0, 0.1) is 5.92 Å². The second-order valence-corrected chi connectivity index (χ2v) is 7.61. The molecule has 0 bridgehead atoms. The Morgan fingerprint density at radius 1 is 1.22 bits per heavy atom. The zero-order chi connectivity index (χ0) is 17.5. The van der Waals surface area contributed by atoms with E-state index in [0.29, 0.717) is 17.9 Å². The molecule has 0 saturated heterocycles. The number of ether oxygens (including phenoxy) is 1. The largest absolute Gasteiger partial charge is 0.494 e. The summed E-state index contributed by atoms with van der Waals surface area (Å²) in [7, 11) is -3.73. The van der Waals surface area contributed by atoms with E-state index in [2.05, 4.69) is 0 Å². The second-order valence-electron chi connectivity index (χ2n) is 5.23. The van der Waals surface area contributed by atoms with Gasteiger partial charge in [-0.25, -0.2) is 0 Å². The summed E-state index contributed by atoms with van der Waals surface area (Å²) in [4.78, 5) is 31.7. The Kier molecular flexibility index (Phi) is 7.26. The van der Waals surface area contributed by atoms with Crippen LogP contribution < -0.4 is 4.74 Å². The average molecular weight is 344 g/mol. The van der Waals surface area contributed by atoms with Gasteiger partial charge in [-0.2, -0.15) is 0 Å². The van der Waals surface area contributed by atoms with E-state index in [0.717, 1.165) is 0 Å². The lowest BCUT2D eigenvalue weighted by Crippen LogP contribution is -2.19. The molecule has 8 heteroatoms. The Labute approximate surface area is 134 Å². The molecule has 0 amide bonds. The Bertz CT molecular complexity index is 582. The highest BCUT2D eigenvalue weighted by Gasteiger charge is 2.29. The summed E-state index contributed by atoms with van der Waals surface area (Å²) in [6.45, 7) is 2.36. The van der Waals surface area contributed by atoms with Crippen molar-refractivity contribution in [2.45, 2.75) is 25.9 Å². The predicted octanol–water partition coefficient (Wildman–Crippen LogP) is 2.42. The minimum absolute atomic E-state index is 0.156. The van der Waals surface area contributed by atoms with Crippen LogP contribution in [-0.2, 0) is 20.3 Å². The standard InChI is InChI=1S/C15H21O7P/c1-2-22-13-6-3-11(4-7-13)9-23(20,21)10-12(15(18)19)5-8-14(16)17/h3-4,6-7,12H,2,5,8-10H2,1H3,(H,16,17)(H,18,19)(H,20,21). The van der Waals surface area contributed by atoms with Crippen molar-refractivity contribution in [1.29, 1.82) is 0 Å². The highest BCUT2D eigenvalue weighted by molar-refractivity contribution is 7.57. The Hall–Kier alpha value is -1.85. The molecule has 0 fully saturated rings. The summed E-state index contributed by atoms with van der Waals surface area (Å²) in [5.41, 5.74) is 0.599. The molecule has 0 aliphatic carbocycles. The molecular formula is C15H21O7P. The van der Waals surface area contributed by atoms with Crippen molar-refractivity contribution in [2.24, 2.45) is 5.92 Å². The summed E-state index contributed by atoms with van der Waals surface area (Å²) in [5, 5.41) is 17.7. The molecule has 2 atom stereocenters. The van der Waals surface area contributed by atoms with Crippen molar-refractivity contribution >= 4 is 19.3 Å². The van der Waals surface area contributed by atoms with Gasteiger partial charge in [0, 0.05) is 18.7 Å². The number of benzene rings is 1. The Morgan fingerprint density at radius 2 is 1.83 bits per heavy atom. The van der Waals surface area contributed by atoms with E-state index in [-0.39, 0.29) is 19.0 Å². The molecule has 7 nitrogen and oxygen atoms in total. The molecule has 128 valence electrons. The molecule has 3 N–H and O–H groups in total. The predicted molar refractivity (Wildman–Crippen MR) is 84.0 cm³/mol. The fraction of sp³-hybridized carbons (Fsp3) is 0.467. The van der Waals surface area contributed by atoms with Gasteiger partial charge in [-0.3, -0.25) is 14.2 Å². The third-order valence-corrected chi connectivity index (χ3v) is 5.10. The highest BCUT2D eigenvalue weighted by atomic mass is 31.2. The van der Waals surface area contributed by atoms with Gasteiger partial charge in [0.05, 0.1) is 12.5 Å². The van der Waals surface area contributed by atoms with Crippen molar-refractivity contribution in [1.82, 2.24) is 0 Å². The summed E-state index contributed by atoms with van der Waals surface area (Å²) in [6, 6.07) is 6.66. The van der Waals surface area contributed by atoms with Gasteiger partial charge >= 0.3 is 11.9 Å². The topological polar surface area (TPSA) is 121 Å². The number of hydrogen-bond acceptors (Lipinski definition) is 4. The number of aliphatic carboxylic acids is 2. The third-order valence-electron chi connectivity index (χ3n) is 3.23. The molecule has 0 radical (unpaired) electrons. The first-order valence-corrected chi connectivity index (χ1v) is 9.23. The molecule has 23 heavy (non-hydrogen) atoms. The zero-order valence-electron chi connectivity index (χ0n) is 12.8. The first-order valence-electron chi connectivity index (χ1n) is 7.20. The first-order chi connectivity index (χ1) is 10.7. The molecule has 0 aromatic heterocycles. The van der Waals surface area contributed by atoms with Gasteiger partial charge in [0.2, 0.25) is 7.37 Å². The molecular weight excluding hydrogens is 323 g/mol. The zero-order valence-corrected chi connectivity index (χ0v) is 13.7. The lowest BCUT2D eigenvalue weighted by atomic mass is 10.1. The maximum Gasteiger partial charge on any atom is 0.307 e. The first kappa shape index (κ1) is 19.2. The SMILES string of the molecule is CCOc1ccc(CP(=O)(O)CC(CCC(=O)O)C(=O)O)cc1. The number of rotatable bonds is 10. The molecule has 0 spiro atoms. The summed E-state index contributed by atoms with van der Waals surface area (Å²) < 4.78 is 17.5. The fourth-order valence-corrected chi connectivity index (χ4v) is 4.08. The summed E-state index contributed by atoms with van der Waals surface area (Å²) in [5.74, 6) is -2.89. The van der Waals surface area contributed by atoms with Gasteiger partial charge in [0.1, 0.15) is 5.75 Å². The van der Waals surface area contributed by atoms with Crippen molar-refractivity contribution in [3.8, 4) is 5.75 Å². The smallest absolute Gasteiger partial charge is 0.307 e. The molecule has 0 aliphatic heterocycles. The van der Waals surface area contributed by atoms with Crippen LogP contribution in [0.25, 0.3) is 0 Å². The highest BCUT2D eigenvalue weighted by Crippen LogP contribution is 2.47. The van der Waals surface area contributed by atoms with Crippen LogP contribution in [0.15, 0.2) is 24.3 Å². The van der Waals surface area contributed by atoms with E-state index in [9.17, 15) is 19.0 Å². The van der Waals surface area contributed by atoms with Crippen molar-refractivity contribution < 1.29 is 34.0 Å². The number of hydrogen-bond donors (Lipinski definition) is 3. The van der Waals surface area contributed by atoms with Crippen LogP contribution in [0.3, 0.4) is 0 Å². The quantitative estimate of drug-likeness (QED) is 0.557. The van der Waals surface area contributed by atoms with Crippen molar-refractivity contribution in [3.05, 3.63) is 29.8 Å². The van der Waals surface area contributed by atoms with E-state index in [4.69, 9.17) is 14.9 Å². The van der Waals surface area contributed by atoms with Crippen LogP contribution in [0.1, 0.15) is 25.3 Å². The molecule has 0 aliphatic rings. The minimum atomic E-state index is -3.73. The van der Waals surface area contributed by atoms with Gasteiger partial charge in [-0.05, 0) is 31.0 Å². The monoisotopic (exact) mass is 344 g/mol. The van der Waals surface area contributed by atoms with Crippen LogP contribution in [0.5, 0.6) is 5.75 Å². The maximum atomic E-state index is 12.3. The molecule has 1 aromatic carbocycles. The maximum absolute atomic E-state index is 12.3. The molecule has 1 aromatic rings. The molecule has 0 heterocycles. The van der Waals surface area contributed by atoms with E-state index >= 15 is 0 Å². The van der Waals surface area contributed by atoms with Crippen LogP contribution in [0.2, 0.25) is 0 Å². The number of carbonyl (C=O) groups is 2. The van der Waals surface area contributed by atoms with E-state index in [1.165, 1.54) is 0 Å². The van der Waals surface area contributed by atoms with Crippen LogP contribution in [-0.4, -0.2) is 39.8 Å². The van der Waals surface area contributed by atoms with E-state index < -0.39 is 31.4 Å². The second kappa shape index (κ2) is 8.70. The van der Waals surface area contributed by atoms with E-state index in [1.54, 1.807) is 24.3 Å². The Balaban J connectivity index is 2.70. The van der Waals surface area contributed by atoms with Crippen LogP contribution in [0.4, 0.5) is 0 Å². The summed E-state index contributed by atoms with van der Waals surface area (Å²) >= 11 is 0. The van der Waals surface area contributed by atoms with Crippen molar-refractivity contribution in [2.75, 3.05) is 12.8 Å². The van der Waals surface area contributed by atoms with Crippen LogP contribution >= 0.6 is 7.37 Å². The van der Waals surface area contributed by atoms with Gasteiger partial charge in [0.15, 0.2) is 0 Å². The minimum Gasteiger partial charge on any atom is -0.494 e. The lowest BCUT2D eigenvalue weighted by Gasteiger charge is -2.17. The third kappa shape index (κ3) is 7.30. The van der Waals surface area contributed by atoms with E-state index in [1.807, 2.05) is 6.92 Å². The Morgan fingerprint density at radius 3 is 2.30 bits per heavy atom. The van der Waals surface area contributed by atoms with Gasteiger partial charge in [-0.1, -0.05) is 12.1 Å². The molecule has 2 unspecified atom stereocenters. The lowest BCUT2D eigenvalue weighted by molar-refractivity contribution is -0.142. The van der Waals surface area contributed by atoms with Gasteiger partial charge < -0.3 is 19.8 Å². The fourth-order valence-electron chi connectivity index (χ4n) is 2.14. The number of carboxylic acid groups (broad SMARTS) is 2. The van der Waals surface area contributed by atoms with Gasteiger partial charge in [0.25, 0.3) is 0 Å². The van der Waals surface area contributed by atoms with Gasteiger partial charge in [-0.15, -0.1) is 0 Å². The molecule has 0 saturated carbocycles. The normalized spacial score (nSPS) is 14.7. The number of carboxylic acids is 2. The van der Waals surface area contributed by atoms with Crippen molar-refractivity contribution in [3.63, 3.8) is 0 Å². The summed E-state index contributed by atoms with van der Waals surface area (Å²) in [6.07, 6.45) is -1.11. The molecule has 1 rings (SSSR count). The average Bonchev–Trinajstić information content (AvgIpc) is 2.45.